The summed E-state index contributed by atoms with van der Waals surface area (Å²) in [6, 6.07) is 6.29. The largest absolute Gasteiger partial charge is 0.369 e. The number of primary amides is 1. The van der Waals surface area contributed by atoms with Crippen LogP contribution in [0.15, 0.2) is 29.2 Å². The van der Waals surface area contributed by atoms with Gasteiger partial charge in [-0.3, -0.25) is 4.79 Å². The van der Waals surface area contributed by atoms with E-state index in [0.717, 1.165) is 5.56 Å². The summed E-state index contributed by atoms with van der Waals surface area (Å²) in [6.45, 7) is 3.95. The maximum atomic E-state index is 11.3. The number of sulfonamides is 1. The summed E-state index contributed by atoms with van der Waals surface area (Å²) in [5.41, 5.74) is 6.09. The second-order valence-electron chi connectivity index (χ2n) is 5.29. The Hall–Kier alpha value is -1.40. The molecular weight excluding hydrogens is 252 g/mol. The van der Waals surface area contributed by atoms with Gasteiger partial charge in [-0.25, -0.2) is 13.6 Å². The molecule has 1 fully saturated rings. The Morgan fingerprint density at radius 3 is 2.06 bits per heavy atom. The number of carbonyl (C=O) groups is 1. The standard InChI is InChI=1S/C12H16N2O3S/c1-12(2)9(10(12)11(13)15)7-3-5-8(6-4-7)18(14,16)17/h3-6,9-10H,1-2H3,(H2,13,15)(H2,14,16,17)/t9-,10+/m0/s1. The van der Waals surface area contributed by atoms with E-state index in [-0.39, 0.29) is 28.1 Å². The highest BCUT2D eigenvalue weighted by Crippen LogP contribution is 2.64. The van der Waals surface area contributed by atoms with Crippen LogP contribution in [0, 0.1) is 11.3 Å². The number of carbonyl (C=O) groups excluding carboxylic acids is 1. The van der Waals surface area contributed by atoms with Crippen molar-refractivity contribution >= 4 is 15.9 Å². The fraction of sp³-hybridized carbons (Fsp3) is 0.417. The van der Waals surface area contributed by atoms with Gasteiger partial charge in [-0.05, 0) is 23.1 Å². The summed E-state index contributed by atoms with van der Waals surface area (Å²) < 4.78 is 22.3. The third-order valence-electron chi connectivity index (χ3n) is 3.70. The van der Waals surface area contributed by atoms with Gasteiger partial charge in [-0.1, -0.05) is 26.0 Å². The first-order valence-electron chi connectivity index (χ1n) is 5.58. The van der Waals surface area contributed by atoms with Gasteiger partial charge in [0.25, 0.3) is 0 Å². The summed E-state index contributed by atoms with van der Waals surface area (Å²) in [5, 5.41) is 5.03. The van der Waals surface area contributed by atoms with E-state index in [0.29, 0.717) is 0 Å². The molecule has 1 aromatic carbocycles. The zero-order valence-corrected chi connectivity index (χ0v) is 11.1. The van der Waals surface area contributed by atoms with Crippen molar-refractivity contribution in [3.8, 4) is 0 Å². The molecule has 1 amide bonds. The molecule has 0 radical (unpaired) electrons. The Bertz CT molecular complexity index is 590. The van der Waals surface area contributed by atoms with E-state index in [2.05, 4.69) is 0 Å². The van der Waals surface area contributed by atoms with E-state index < -0.39 is 10.0 Å². The molecule has 2 rings (SSSR count). The Kier molecular flexibility index (Phi) is 2.75. The molecule has 0 bridgehead atoms. The zero-order chi connectivity index (χ0) is 13.7. The minimum Gasteiger partial charge on any atom is -0.369 e. The van der Waals surface area contributed by atoms with E-state index in [1.165, 1.54) is 12.1 Å². The van der Waals surface area contributed by atoms with E-state index in [9.17, 15) is 13.2 Å². The normalized spacial score (nSPS) is 25.7. The molecule has 0 spiro atoms. The van der Waals surface area contributed by atoms with Crippen LogP contribution in [0.25, 0.3) is 0 Å². The van der Waals surface area contributed by atoms with Gasteiger partial charge in [0.1, 0.15) is 0 Å². The maximum absolute atomic E-state index is 11.3. The molecule has 0 saturated heterocycles. The molecule has 1 saturated carbocycles. The molecule has 6 heteroatoms. The average molecular weight is 268 g/mol. The van der Waals surface area contributed by atoms with Gasteiger partial charge in [0, 0.05) is 5.92 Å². The van der Waals surface area contributed by atoms with E-state index in [1.807, 2.05) is 13.8 Å². The highest BCUT2D eigenvalue weighted by atomic mass is 32.2. The van der Waals surface area contributed by atoms with Crippen LogP contribution in [0.2, 0.25) is 0 Å². The van der Waals surface area contributed by atoms with Crippen molar-refractivity contribution in [3.63, 3.8) is 0 Å². The van der Waals surface area contributed by atoms with Crippen LogP contribution >= 0.6 is 0 Å². The molecule has 1 aliphatic carbocycles. The molecule has 5 nitrogen and oxygen atoms in total. The molecule has 0 heterocycles. The van der Waals surface area contributed by atoms with E-state index >= 15 is 0 Å². The quantitative estimate of drug-likeness (QED) is 0.837. The van der Waals surface area contributed by atoms with Crippen molar-refractivity contribution < 1.29 is 13.2 Å². The molecule has 4 N–H and O–H groups in total. The van der Waals surface area contributed by atoms with Crippen LogP contribution in [0.1, 0.15) is 25.3 Å². The van der Waals surface area contributed by atoms with Crippen LogP contribution in [0.5, 0.6) is 0 Å². The third kappa shape index (κ3) is 2.02. The average Bonchev–Trinajstić information content (AvgIpc) is 2.80. The van der Waals surface area contributed by atoms with Crippen molar-refractivity contribution in [3.05, 3.63) is 29.8 Å². The van der Waals surface area contributed by atoms with Crippen LogP contribution in [0.4, 0.5) is 0 Å². The minimum atomic E-state index is -3.68. The Morgan fingerprint density at radius 1 is 1.22 bits per heavy atom. The maximum Gasteiger partial charge on any atom is 0.238 e. The molecule has 0 aliphatic heterocycles. The smallest absolute Gasteiger partial charge is 0.238 e. The minimum absolute atomic E-state index is 0.0459. The summed E-state index contributed by atoms with van der Waals surface area (Å²) in [7, 11) is -3.68. The summed E-state index contributed by atoms with van der Waals surface area (Å²) in [5.74, 6) is -0.470. The van der Waals surface area contributed by atoms with Gasteiger partial charge in [0.2, 0.25) is 15.9 Å². The third-order valence-corrected chi connectivity index (χ3v) is 4.63. The van der Waals surface area contributed by atoms with Crippen molar-refractivity contribution in [2.45, 2.75) is 24.7 Å². The molecule has 2 atom stereocenters. The Labute approximate surface area is 106 Å². The molecular formula is C12H16N2O3S. The number of hydrogen-bond donors (Lipinski definition) is 2. The molecule has 0 unspecified atom stereocenters. The zero-order valence-electron chi connectivity index (χ0n) is 10.3. The van der Waals surface area contributed by atoms with Crippen molar-refractivity contribution in [2.24, 2.45) is 22.2 Å². The number of hydrogen-bond acceptors (Lipinski definition) is 3. The van der Waals surface area contributed by atoms with Gasteiger partial charge in [-0.15, -0.1) is 0 Å². The molecule has 18 heavy (non-hydrogen) atoms. The van der Waals surface area contributed by atoms with E-state index in [1.54, 1.807) is 12.1 Å². The highest BCUT2D eigenvalue weighted by molar-refractivity contribution is 7.89. The molecule has 1 aliphatic rings. The Morgan fingerprint density at radius 2 is 1.72 bits per heavy atom. The number of primary sulfonamides is 1. The van der Waals surface area contributed by atoms with Gasteiger partial charge in [0.05, 0.1) is 10.8 Å². The fourth-order valence-corrected chi connectivity index (χ4v) is 3.17. The first-order valence-corrected chi connectivity index (χ1v) is 7.12. The fourth-order valence-electron chi connectivity index (χ4n) is 2.66. The number of benzene rings is 1. The van der Waals surface area contributed by atoms with Crippen LogP contribution < -0.4 is 10.9 Å². The lowest BCUT2D eigenvalue weighted by atomic mass is 10.0. The first-order chi connectivity index (χ1) is 8.15. The number of rotatable bonds is 3. The first kappa shape index (κ1) is 13.0. The SMILES string of the molecule is CC1(C)[C@@H](C(N)=O)[C@@H]1c1ccc(S(N)(=O)=O)cc1. The second kappa shape index (κ2) is 3.80. The number of nitrogens with two attached hydrogens (primary N) is 2. The second-order valence-corrected chi connectivity index (χ2v) is 6.85. The predicted octanol–water partition coefficient (Wildman–Crippen LogP) is 0.559. The van der Waals surface area contributed by atoms with Crippen molar-refractivity contribution in [1.29, 1.82) is 0 Å². The molecule has 98 valence electrons. The van der Waals surface area contributed by atoms with Crippen LogP contribution in [0.3, 0.4) is 0 Å². The van der Waals surface area contributed by atoms with Crippen molar-refractivity contribution in [2.75, 3.05) is 0 Å². The van der Waals surface area contributed by atoms with Crippen LogP contribution in [-0.4, -0.2) is 14.3 Å². The Balaban J connectivity index is 2.30. The summed E-state index contributed by atoms with van der Waals surface area (Å²) in [4.78, 5) is 11.4. The lowest BCUT2D eigenvalue weighted by Gasteiger charge is -2.04. The number of amides is 1. The highest BCUT2D eigenvalue weighted by Gasteiger charge is 2.61. The van der Waals surface area contributed by atoms with Gasteiger partial charge >= 0.3 is 0 Å². The van der Waals surface area contributed by atoms with Crippen molar-refractivity contribution in [1.82, 2.24) is 0 Å². The van der Waals surface area contributed by atoms with Gasteiger partial charge < -0.3 is 5.73 Å². The summed E-state index contributed by atoms with van der Waals surface area (Å²) >= 11 is 0. The lowest BCUT2D eigenvalue weighted by Crippen LogP contribution is -2.16. The summed E-state index contributed by atoms with van der Waals surface area (Å²) in [6.07, 6.45) is 0. The topological polar surface area (TPSA) is 103 Å². The van der Waals surface area contributed by atoms with Gasteiger partial charge in [0.15, 0.2) is 0 Å². The molecule has 1 aromatic rings. The van der Waals surface area contributed by atoms with Crippen LogP contribution in [-0.2, 0) is 14.8 Å². The molecule has 0 aromatic heterocycles. The lowest BCUT2D eigenvalue weighted by molar-refractivity contribution is -0.119. The van der Waals surface area contributed by atoms with Gasteiger partial charge in [-0.2, -0.15) is 0 Å². The predicted molar refractivity (Wildman–Crippen MR) is 67.0 cm³/mol. The van der Waals surface area contributed by atoms with E-state index in [4.69, 9.17) is 10.9 Å². The monoisotopic (exact) mass is 268 g/mol.